The zero-order valence-electron chi connectivity index (χ0n) is 8.06. The Morgan fingerprint density at radius 1 is 1.29 bits per heavy atom. The number of rotatable bonds is 2. The van der Waals surface area contributed by atoms with Gasteiger partial charge in [0.25, 0.3) is 0 Å². The molecule has 5 heteroatoms. The minimum atomic E-state index is -0.554. The Morgan fingerprint density at radius 3 is 2.50 bits per heavy atom. The first-order valence-corrected chi connectivity index (χ1v) is 4.22. The van der Waals surface area contributed by atoms with E-state index in [4.69, 9.17) is 14.2 Å². The van der Waals surface area contributed by atoms with E-state index in [1.54, 1.807) is 6.08 Å². The summed E-state index contributed by atoms with van der Waals surface area (Å²) in [6.07, 6.45) is 1.86. The molecule has 0 aromatic heterocycles. The van der Waals surface area contributed by atoms with Gasteiger partial charge in [0.15, 0.2) is 12.2 Å². The van der Waals surface area contributed by atoms with Crippen LogP contribution in [0.2, 0.25) is 0 Å². The maximum atomic E-state index is 10.7. The number of hydrogen-bond donors (Lipinski definition) is 0. The number of hydrogen-bond acceptors (Lipinski definition) is 5. The molecule has 0 saturated carbocycles. The van der Waals surface area contributed by atoms with E-state index in [9.17, 15) is 9.59 Å². The lowest BCUT2D eigenvalue weighted by Crippen LogP contribution is -2.38. The van der Waals surface area contributed by atoms with Gasteiger partial charge in [0.2, 0.25) is 0 Å². The van der Waals surface area contributed by atoms with Crippen molar-refractivity contribution < 1.29 is 23.8 Å². The van der Waals surface area contributed by atoms with Gasteiger partial charge in [-0.25, -0.2) is 0 Å². The summed E-state index contributed by atoms with van der Waals surface area (Å²) in [6, 6.07) is 0. The maximum Gasteiger partial charge on any atom is 0.303 e. The van der Waals surface area contributed by atoms with E-state index >= 15 is 0 Å². The molecule has 0 bridgehead atoms. The molecule has 0 spiro atoms. The zero-order chi connectivity index (χ0) is 10.6. The summed E-state index contributed by atoms with van der Waals surface area (Å²) in [5, 5.41) is 0. The highest BCUT2D eigenvalue weighted by Crippen LogP contribution is 2.12. The van der Waals surface area contributed by atoms with Crippen LogP contribution < -0.4 is 0 Å². The van der Waals surface area contributed by atoms with Crippen LogP contribution in [-0.4, -0.2) is 30.8 Å². The van der Waals surface area contributed by atoms with Crippen LogP contribution in [0.1, 0.15) is 13.8 Å². The second-order valence-electron chi connectivity index (χ2n) is 2.88. The van der Waals surface area contributed by atoms with Crippen LogP contribution >= 0.6 is 0 Å². The number of carbonyl (C=O) groups excluding carboxylic acids is 2. The predicted octanol–water partition coefficient (Wildman–Crippen LogP) is 0.394. The average Bonchev–Trinajstić information content (AvgIpc) is 2.06. The summed E-state index contributed by atoms with van der Waals surface area (Å²) in [7, 11) is 0. The van der Waals surface area contributed by atoms with Gasteiger partial charge in [-0.15, -0.1) is 0 Å². The molecule has 0 amide bonds. The molecule has 0 N–H and O–H groups in total. The smallest absolute Gasteiger partial charge is 0.303 e. The molecule has 1 heterocycles. The van der Waals surface area contributed by atoms with Crippen molar-refractivity contribution in [2.75, 3.05) is 6.61 Å². The van der Waals surface area contributed by atoms with Gasteiger partial charge < -0.3 is 14.2 Å². The first kappa shape index (κ1) is 10.6. The first-order chi connectivity index (χ1) is 6.59. The lowest BCUT2D eigenvalue weighted by molar-refractivity contribution is -0.166. The minimum Gasteiger partial charge on any atom is -0.497 e. The van der Waals surface area contributed by atoms with E-state index in [-0.39, 0.29) is 6.61 Å². The van der Waals surface area contributed by atoms with E-state index in [0.717, 1.165) is 0 Å². The van der Waals surface area contributed by atoms with E-state index in [0.29, 0.717) is 0 Å². The fourth-order valence-corrected chi connectivity index (χ4v) is 1.12. The van der Waals surface area contributed by atoms with E-state index in [2.05, 4.69) is 0 Å². The molecule has 0 saturated heterocycles. The topological polar surface area (TPSA) is 61.8 Å². The van der Waals surface area contributed by atoms with Gasteiger partial charge in [-0.3, -0.25) is 9.59 Å². The minimum absolute atomic E-state index is 0.202. The van der Waals surface area contributed by atoms with E-state index < -0.39 is 24.1 Å². The third-order valence-corrected chi connectivity index (χ3v) is 1.61. The molecule has 5 nitrogen and oxygen atoms in total. The highest BCUT2D eigenvalue weighted by atomic mass is 16.6. The van der Waals surface area contributed by atoms with Crippen LogP contribution in [-0.2, 0) is 23.8 Å². The lowest BCUT2D eigenvalue weighted by Gasteiger charge is -2.26. The van der Waals surface area contributed by atoms with Crippen LogP contribution in [0.25, 0.3) is 0 Å². The molecular formula is C9H12O5. The van der Waals surface area contributed by atoms with Crippen LogP contribution in [0.3, 0.4) is 0 Å². The largest absolute Gasteiger partial charge is 0.497 e. The molecule has 1 aliphatic heterocycles. The summed E-state index contributed by atoms with van der Waals surface area (Å²) in [5.74, 6) is -0.843. The number of carbonyl (C=O) groups is 2. The molecule has 2 atom stereocenters. The van der Waals surface area contributed by atoms with Crippen molar-refractivity contribution in [1.29, 1.82) is 0 Å². The van der Waals surface area contributed by atoms with Crippen LogP contribution in [0.5, 0.6) is 0 Å². The summed E-state index contributed by atoms with van der Waals surface area (Å²) in [5.41, 5.74) is 0. The van der Waals surface area contributed by atoms with Crippen molar-refractivity contribution in [3.8, 4) is 0 Å². The molecule has 14 heavy (non-hydrogen) atoms. The zero-order valence-corrected chi connectivity index (χ0v) is 8.06. The Balaban J connectivity index is 2.57. The fourth-order valence-electron chi connectivity index (χ4n) is 1.12. The van der Waals surface area contributed by atoms with Gasteiger partial charge in [-0.05, 0) is 6.08 Å². The Bertz CT molecular complexity index is 258. The van der Waals surface area contributed by atoms with Crippen molar-refractivity contribution in [3.63, 3.8) is 0 Å². The van der Waals surface area contributed by atoms with Crippen molar-refractivity contribution in [1.82, 2.24) is 0 Å². The van der Waals surface area contributed by atoms with E-state index in [1.165, 1.54) is 20.1 Å². The van der Waals surface area contributed by atoms with Crippen molar-refractivity contribution in [2.24, 2.45) is 0 Å². The fraction of sp³-hybridized carbons (Fsp3) is 0.556. The maximum absolute atomic E-state index is 10.7. The van der Waals surface area contributed by atoms with Gasteiger partial charge in [-0.2, -0.15) is 0 Å². The summed E-state index contributed by atoms with van der Waals surface area (Å²) in [6.45, 7) is 2.80. The molecule has 1 rings (SSSR count). The predicted molar refractivity (Wildman–Crippen MR) is 46.2 cm³/mol. The van der Waals surface area contributed by atoms with Crippen molar-refractivity contribution in [2.45, 2.75) is 26.1 Å². The number of ether oxygens (including phenoxy) is 3. The Labute approximate surface area is 81.6 Å². The molecule has 78 valence electrons. The molecule has 1 aliphatic rings. The first-order valence-electron chi connectivity index (χ1n) is 4.22. The van der Waals surface area contributed by atoms with E-state index in [1.807, 2.05) is 0 Å². The van der Waals surface area contributed by atoms with Gasteiger partial charge in [0.1, 0.15) is 6.61 Å². The second kappa shape index (κ2) is 4.64. The Morgan fingerprint density at radius 2 is 1.93 bits per heavy atom. The van der Waals surface area contributed by atoms with Gasteiger partial charge in [0, 0.05) is 13.8 Å². The highest BCUT2D eigenvalue weighted by Gasteiger charge is 2.27. The second-order valence-corrected chi connectivity index (χ2v) is 2.88. The third-order valence-electron chi connectivity index (χ3n) is 1.61. The normalized spacial score (nSPS) is 25.0. The van der Waals surface area contributed by atoms with Crippen molar-refractivity contribution in [3.05, 3.63) is 12.3 Å². The standard InChI is InChI=1S/C9H12O5/c1-6(10)13-8-3-4-12-5-9(8)14-7(2)11/h3-4,8-9H,5H2,1-2H3/t8-,9-/m0/s1. The molecule has 0 aromatic rings. The Kier molecular flexibility index (Phi) is 3.50. The molecule has 0 fully saturated rings. The summed E-state index contributed by atoms with van der Waals surface area (Å²) < 4.78 is 14.8. The SMILES string of the molecule is CC(=O)O[C@H]1C=COC[C@@H]1OC(C)=O. The molecular weight excluding hydrogens is 188 g/mol. The molecule has 0 aliphatic carbocycles. The van der Waals surface area contributed by atoms with Crippen LogP contribution in [0.15, 0.2) is 12.3 Å². The summed E-state index contributed by atoms with van der Waals surface area (Å²) in [4.78, 5) is 21.4. The lowest BCUT2D eigenvalue weighted by atomic mass is 10.2. The Hall–Kier alpha value is -1.52. The van der Waals surface area contributed by atoms with Crippen LogP contribution in [0, 0.1) is 0 Å². The third kappa shape index (κ3) is 3.08. The van der Waals surface area contributed by atoms with Crippen molar-refractivity contribution >= 4 is 11.9 Å². The highest BCUT2D eigenvalue weighted by molar-refractivity contribution is 5.67. The quantitative estimate of drug-likeness (QED) is 0.603. The van der Waals surface area contributed by atoms with Gasteiger partial charge in [0.05, 0.1) is 6.26 Å². The number of esters is 2. The van der Waals surface area contributed by atoms with Gasteiger partial charge >= 0.3 is 11.9 Å². The summed E-state index contributed by atoms with van der Waals surface area (Å²) >= 11 is 0. The molecule has 0 unspecified atom stereocenters. The molecule has 0 aromatic carbocycles. The van der Waals surface area contributed by atoms with Gasteiger partial charge in [-0.1, -0.05) is 0 Å². The monoisotopic (exact) mass is 200 g/mol. The van der Waals surface area contributed by atoms with Crippen LogP contribution in [0.4, 0.5) is 0 Å². The average molecular weight is 200 g/mol. The molecule has 0 radical (unpaired) electrons.